The van der Waals surface area contributed by atoms with Crippen LogP contribution in [0.1, 0.15) is 31.9 Å². The van der Waals surface area contributed by atoms with E-state index >= 15 is 0 Å². The van der Waals surface area contributed by atoms with E-state index < -0.39 is 0 Å². The number of thiazole rings is 1. The number of nitrogens with one attached hydrogen (secondary N) is 1. The van der Waals surface area contributed by atoms with Crippen molar-refractivity contribution >= 4 is 16.5 Å². The fourth-order valence-corrected chi connectivity index (χ4v) is 3.13. The quantitative estimate of drug-likeness (QED) is 0.852. The van der Waals surface area contributed by atoms with E-state index in [1.54, 1.807) is 11.3 Å². The van der Waals surface area contributed by atoms with E-state index in [1.807, 2.05) is 7.05 Å². The highest BCUT2D eigenvalue weighted by Crippen LogP contribution is 2.29. The lowest BCUT2D eigenvalue weighted by Gasteiger charge is -2.22. The predicted octanol–water partition coefficient (Wildman–Crippen LogP) is 2.24. The van der Waals surface area contributed by atoms with Crippen LogP contribution in [0, 0.1) is 0 Å². The van der Waals surface area contributed by atoms with Crippen molar-refractivity contribution in [1.82, 2.24) is 10.3 Å². The lowest BCUT2D eigenvalue weighted by atomic mass is 10.2. The van der Waals surface area contributed by atoms with Gasteiger partial charge >= 0.3 is 0 Å². The fourth-order valence-electron chi connectivity index (χ4n) is 2.20. The van der Waals surface area contributed by atoms with E-state index in [2.05, 4.69) is 27.5 Å². The first kappa shape index (κ1) is 10.9. The van der Waals surface area contributed by atoms with Gasteiger partial charge in [0.25, 0.3) is 0 Å². The molecule has 0 radical (unpaired) electrons. The first-order chi connectivity index (χ1) is 7.35. The molecule has 1 atom stereocenters. The molecule has 2 rings (SSSR count). The summed E-state index contributed by atoms with van der Waals surface area (Å²) in [5.74, 6) is 0. The number of hydrogen-bond donors (Lipinski definition) is 1. The van der Waals surface area contributed by atoms with Crippen LogP contribution in [0.3, 0.4) is 0 Å². The van der Waals surface area contributed by atoms with Gasteiger partial charge < -0.3 is 10.2 Å². The van der Waals surface area contributed by atoms with Crippen LogP contribution >= 0.6 is 11.3 Å². The third kappa shape index (κ3) is 2.32. The molecular formula is C11H19N3S. The summed E-state index contributed by atoms with van der Waals surface area (Å²) in [5.41, 5.74) is 1.17. The highest BCUT2D eigenvalue weighted by molar-refractivity contribution is 7.13. The smallest absolute Gasteiger partial charge is 0.185 e. The zero-order chi connectivity index (χ0) is 10.7. The van der Waals surface area contributed by atoms with Crippen molar-refractivity contribution in [2.75, 3.05) is 18.5 Å². The Morgan fingerprint density at radius 3 is 3.27 bits per heavy atom. The highest BCUT2D eigenvalue weighted by Gasteiger charge is 2.24. The Hall–Kier alpha value is -0.610. The second kappa shape index (κ2) is 4.94. The minimum Gasteiger partial charge on any atom is -0.345 e. The van der Waals surface area contributed by atoms with Crippen LogP contribution in [0.4, 0.5) is 5.13 Å². The molecule has 1 saturated heterocycles. The van der Waals surface area contributed by atoms with E-state index in [4.69, 9.17) is 0 Å². The van der Waals surface area contributed by atoms with Crippen molar-refractivity contribution in [1.29, 1.82) is 0 Å². The van der Waals surface area contributed by atoms with Crippen molar-refractivity contribution in [3.05, 3.63) is 11.1 Å². The van der Waals surface area contributed by atoms with Gasteiger partial charge in [-0.25, -0.2) is 4.98 Å². The average molecular weight is 225 g/mol. The summed E-state index contributed by atoms with van der Waals surface area (Å²) in [6.45, 7) is 4.33. The first-order valence-corrected chi connectivity index (χ1v) is 6.58. The highest BCUT2D eigenvalue weighted by atomic mass is 32.1. The van der Waals surface area contributed by atoms with E-state index in [0.717, 1.165) is 12.6 Å². The van der Waals surface area contributed by atoms with Crippen LogP contribution in [-0.2, 0) is 6.54 Å². The number of anilines is 1. The normalized spacial score (nSPS) is 21.2. The van der Waals surface area contributed by atoms with E-state index in [1.165, 1.54) is 36.6 Å². The standard InChI is InChI=1S/C11H19N3S/c1-3-10-5-4-6-14(10)11-13-9(7-12-2)8-15-11/h8,10,12H,3-7H2,1-2H3. The van der Waals surface area contributed by atoms with Crippen LogP contribution in [0.15, 0.2) is 5.38 Å². The largest absolute Gasteiger partial charge is 0.345 e. The SMILES string of the molecule is CCC1CCCN1c1nc(CNC)cs1. The van der Waals surface area contributed by atoms with Crippen molar-refractivity contribution < 1.29 is 0 Å². The lowest BCUT2D eigenvalue weighted by molar-refractivity contribution is 0.643. The molecule has 84 valence electrons. The summed E-state index contributed by atoms with van der Waals surface area (Å²) in [6.07, 6.45) is 3.89. The molecular weight excluding hydrogens is 206 g/mol. The van der Waals surface area contributed by atoms with Gasteiger partial charge in [-0.1, -0.05) is 6.92 Å². The Labute approximate surface area is 95.5 Å². The maximum absolute atomic E-state index is 4.66. The van der Waals surface area contributed by atoms with E-state index in [-0.39, 0.29) is 0 Å². The Morgan fingerprint density at radius 2 is 2.53 bits per heavy atom. The molecule has 0 saturated carbocycles. The van der Waals surface area contributed by atoms with Gasteiger partial charge in [-0.15, -0.1) is 11.3 Å². The molecule has 1 aliphatic rings. The number of nitrogens with zero attached hydrogens (tertiary/aromatic N) is 2. The number of hydrogen-bond acceptors (Lipinski definition) is 4. The molecule has 1 unspecified atom stereocenters. The second-order valence-corrected chi connectivity index (χ2v) is 4.89. The van der Waals surface area contributed by atoms with Gasteiger partial charge in [0.15, 0.2) is 5.13 Å². The predicted molar refractivity (Wildman–Crippen MR) is 65.5 cm³/mol. The summed E-state index contributed by atoms with van der Waals surface area (Å²) in [4.78, 5) is 7.14. The molecule has 15 heavy (non-hydrogen) atoms. The van der Waals surface area contributed by atoms with Gasteiger partial charge in [-0.3, -0.25) is 0 Å². The zero-order valence-corrected chi connectivity index (χ0v) is 10.3. The molecule has 0 spiro atoms. The summed E-state index contributed by atoms with van der Waals surface area (Å²) in [7, 11) is 1.96. The molecule has 1 N–H and O–H groups in total. The Balaban J connectivity index is 2.07. The van der Waals surface area contributed by atoms with Gasteiger partial charge in [-0.2, -0.15) is 0 Å². The molecule has 1 fully saturated rings. The Bertz CT molecular complexity index is 311. The van der Waals surface area contributed by atoms with Crippen LogP contribution in [0.2, 0.25) is 0 Å². The average Bonchev–Trinajstić information content (AvgIpc) is 2.84. The lowest BCUT2D eigenvalue weighted by Crippen LogP contribution is -2.28. The summed E-state index contributed by atoms with van der Waals surface area (Å²) >= 11 is 1.78. The van der Waals surface area contributed by atoms with Gasteiger partial charge in [-0.05, 0) is 26.3 Å². The minimum absolute atomic E-state index is 0.721. The Morgan fingerprint density at radius 1 is 1.67 bits per heavy atom. The van der Waals surface area contributed by atoms with Crippen molar-refractivity contribution in [2.24, 2.45) is 0 Å². The monoisotopic (exact) mass is 225 g/mol. The van der Waals surface area contributed by atoms with Crippen molar-refractivity contribution in [3.8, 4) is 0 Å². The summed E-state index contributed by atoms with van der Waals surface area (Å²) in [5, 5.41) is 6.51. The maximum Gasteiger partial charge on any atom is 0.185 e. The van der Waals surface area contributed by atoms with Crippen LogP contribution < -0.4 is 10.2 Å². The molecule has 0 amide bonds. The first-order valence-electron chi connectivity index (χ1n) is 5.70. The maximum atomic E-state index is 4.66. The molecule has 4 heteroatoms. The molecule has 1 aliphatic heterocycles. The zero-order valence-electron chi connectivity index (χ0n) is 9.49. The van der Waals surface area contributed by atoms with Gasteiger partial charge in [0, 0.05) is 24.5 Å². The van der Waals surface area contributed by atoms with E-state index in [9.17, 15) is 0 Å². The molecule has 0 aliphatic carbocycles. The second-order valence-electron chi connectivity index (χ2n) is 4.05. The van der Waals surface area contributed by atoms with Crippen LogP contribution in [0.25, 0.3) is 0 Å². The molecule has 0 aromatic carbocycles. The molecule has 0 bridgehead atoms. The Kier molecular flexibility index (Phi) is 3.59. The third-order valence-corrected chi connectivity index (χ3v) is 3.92. The number of rotatable bonds is 4. The summed E-state index contributed by atoms with van der Waals surface area (Å²) in [6, 6.07) is 0.721. The summed E-state index contributed by atoms with van der Waals surface area (Å²) < 4.78 is 0. The molecule has 2 heterocycles. The molecule has 1 aromatic heterocycles. The third-order valence-electron chi connectivity index (χ3n) is 2.99. The van der Waals surface area contributed by atoms with Gasteiger partial charge in [0.1, 0.15) is 0 Å². The van der Waals surface area contributed by atoms with Crippen LogP contribution in [0.5, 0.6) is 0 Å². The topological polar surface area (TPSA) is 28.2 Å². The van der Waals surface area contributed by atoms with E-state index in [0.29, 0.717) is 0 Å². The minimum atomic E-state index is 0.721. The van der Waals surface area contributed by atoms with Crippen LogP contribution in [-0.4, -0.2) is 24.6 Å². The van der Waals surface area contributed by atoms with Gasteiger partial charge in [0.05, 0.1) is 5.69 Å². The van der Waals surface area contributed by atoms with Gasteiger partial charge in [0.2, 0.25) is 0 Å². The van der Waals surface area contributed by atoms with Crippen molar-refractivity contribution in [2.45, 2.75) is 38.8 Å². The fraction of sp³-hybridized carbons (Fsp3) is 0.727. The van der Waals surface area contributed by atoms with Crippen molar-refractivity contribution in [3.63, 3.8) is 0 Å². The molecule has 1 aromatic rings. The molecule has 3 nitrogen and oxygen atoms in total. The number of aromatic nitrogens is 1.